The van der Waals surface area contributed by atoms with Crippen molar-refractivity contribution in [3.63, 3.8) is 0 Å². The van der Waals surface area contributed by atoms with Crippen molar-refractivity contribution in [1.29, 1.82) is 0 Å². The minimum atomic E-state index is -4.38. The van der Waals surface area contributed by atoms with Crippen LogP contribution in [0.5, 0.6) is 0 Å². The Morgan fingerprint density at radius 2 is 1.83 bits per heavy atom. The Kier molecular flexibility index (Phi) is 5.65. The van der Waals surface area contributed by atoms with Crippen LogP contribution in [0.25, 0.3) is 0 Å². The van der Waals surface area contributed by atoms with E-state index in [1.165, 1.54) is 12.1 Å². The third kappa shape index (κ3) is 3.86. The molecule has 0 unspecified atom stereocenters. The molecule has 3 N–H and O–H groups in total. The van der Waals surface area contributed by atoms with Gasteiger partial charge in [0.15, 0.2) is 0 Å². The van der Waals surface area contributed by atoms with Gasteiger partial charge in [-0.2, -0.15) is 13.2 Å². The van der Waals surface area contributed by atoms with E-state index in [0.717, 1.165) is 12.1 Å². The fourth-order valence-corrected chi connectivity index (χ4v) is 1.46. The van der Waals surface area contributed by atoms with Gasteiger partial charge in [0.05, 0.1) is 5.56 Å². The van der Waals surface area contributed by atoms with Crippen molar-refractivity contribution in [2.45, 2.75) is 26.1 Å². The Morgan fingerprint density at radius 1 is 1.28 bits per heavy atom. The summed E-state index contributed by atoms with van der Waals surface area (Å²) in [6.07, 6.45) is -4.38. The molecule has 2 nitrogen and oxygen atoms in total. The average Bonchev–Trinajstić information content (AvgIpc) is 2.27. The first-order chi connectivity index (χ1) is 7.68. The zero-order valence-electron chi connectivity index (χ0n) is 10.2. The average molecular weight is 284 g/mol. The number of aliphatic hydroxyl groups is 1. The van der Waals surface area contributed by atoms with Gasteiger partial charge in [0, 0.05) is 18.1 Å². The van der Waals surface area contributed by atoms with Crippen LogP contribution in [0.1, 0.15) is 31.0 Å². The molecule has 0 saturated heterocycles. The van der Waals surface area contributed by atoms with Crippen molar-refractivity contribution in [3.05, 3.63) is 35.4 Å². The zero-order chi connectivity index (χ0) is 13.3. The smallest absolute Gasteiger partial charge is 0.396 e. The molecule has 18 heavy (non-hydrogen) atoms. The number of aliphatic hydroxyl groups excluding tert-OH is 1. The molecule has 104 valence electrons. The van der Waals surface area contributed by atoms with Crippen LogP contribution in [0.4, 0.5) is 13.2 Å². The van der Waals surface area contributed by atoms with Crippen LogP contribution in [0.3, 0.4) is 0 Å². The van der Waals surface area contributed by atoms with Gasteiger partial charge in [-0.15, -0.1) is 12.4 Å². The van der Waals surface area contributed by atoms with E-state index >= 15 is 0 Å². The van der Waals surface area contributed by atoms with E-state index in [-0.39, 0.29) is 19.0 Å². The van der Waals surface area contributed by atoms with Crippen LogP contribution in [0.15, 0.2) is 24.3 Å². The number of alkyl halides is 3. The number of halogens is 4. The van der Waals surface area contributed by atoms with E-state index in [2.05, 4.69) is 0 Å². The summed E-state index contributed by atoms with van der Waals surface area (Å²) in [7, 11) is 0. The first-order valence-corrected chi connectivity index (χ1v) is 5.22. The summed E-state index contributed by atoms with van der Waals surface area (Å²) in [5, 5.41) is 9.15. The lowest BCUT2D eigenvalue weighted by molar-refractivity contribution is -0.137. The lowest BCUT2D eigenvalue weighted by atomic mass is 9.81. The van der Waals surface area contributed by atoms with Gasteiger partial charge < -0.3 is 10.8 Å². The molecule has 1 atom stereocenters. The van der Waals surface area contributed by atoms with Crippen LogP contribution in [-0.2, 0) is 6.18 Å². The van der Waals surface area contributed by atoms with Gasteiger partial charge in [-0.1, -0.05) is 26.0 Å². The Labute approximate surface area is 110 Å². The lowest BCUT2D eigenvalue weighted by Crippen LogP contribution is -2.32. The summed E-state index contributed by atoms with van der Waals surface area (Å²) >= 11 is 0. The number of benzene rings is 1. The number of hydrogen-bond acceptors (Lipinski definition) is 2. The minimum absolute atomic E-state index is 0. The molecule has 0 aliphatic rings. The van der Waals surface area contributed by atoms with Crippen LogP contribution < -0.4 is 5.73 Å². The van der Waals surface area contributed by atoms with Gasteiger partial charge in [0.1, 0.15) is 0 Å². The molecule has 0 aliphatic carbocycles. The van der Waals surface area contributed by atoms with E-state index in [0.29, 0.717) is 5.56 Å². The summed E-state index contributed by atoms with van der Waals surface area (Å²) in [6.45, 7) is 3.22. The quantitative estimate of drug-likeness (QED) is 0.895. The zero-order valence-corrected chi connectivity index (χ0v) is 11.0. The molecule has 1 aromatic rings. The third-order valence-electron chi connectivity index (χ3n) is 2.82. The van der Waals surface area contributed by atoms with Gasteiger partial charge in [0.2, 0.25) is 0 Å². The fraction of sp³-hybridized carbons (Fsp3) is 0.500. The predicted molar refractivity (Wildman–Crippen MR) is 66.5 cm³/mol. The van der Waals surface area contributed by atoms with Crippen molar-refractivity contribution >= 4 is 12.4 Å². The Morgan fingerprint density at radius 3 is 2.28 bits per heavy atom. The summed E-state index contributed by atoms with van der Waals surface area (Å²) < 4.78 is 37.6. The van der Waals surface area contributed by atoms with Crippen LogP contribution in [-0.4, -0.2) is 11.7 Å². The highest BCUT2D eigenvalue weighted by molar-refractivity contribution is 5.85. The SMILES string of the molecule is CC(C)(CO)[C@@H](N)c1cccc(C(F)(F)F)c1.Cl. The van der Waals surface area contributed by atoms with Gasteiger partial charge in [-0.25, -0.2) is 0 Å². The van der Waals surface area contributed by atoms with E-state index in [9.17, 15) is 13.2 Å². The largest absolute Gasteiger partial charge is 0.416 e. The molecule has 0 bridgehead atoms. The van der Waals surface area contributed by atoms with Crippen LogP contribution >= 0.6 is 12.4 Å². The summed E-state index contributed by atoms with van der Waals surface area (Å²) in [4.78, 5) is 0. The molecule has 6 heteroatoms. The Bertz CT molecular complexity index is 393. The highest BCUT2D eigenvalue weighted by Gasteiger charge is 2.32. The molecule has 1 rings (SSSR count). The maximum absolute atomic E-state index is 12.5. The molecule has 0 aliphatic heterocycles. The number of hydrogen-bond donors (Lipinski definition) is 2. The highest BCUT2D eigenvalue weighted by Crippen LogP contribution is 2.34. The van der Waals surface area contributed by atoms with Gasteiger partial charge in [-0.3, -0.25) is 0 Å². The number of nitrogens with two attached hydrogens (primary N) is 1. The highest BCUT2D eigenvalue weighted by atomic mass is 35.5. The molecule has 0 heterocycles. The predicted octanol–water partition coefficient (Wildman–Crippen LogP) is 3.15. The molecular formula is C12H17ClF3NO. The van der Waals surface area contributed by atoms with Gasteiger partial charge in [-0.05, 0) is 17.7 Å². The summed E-state index contributed by atoms with van der Waals surface area (Å²) in [6, 6.07) is 4.25. The molecule has 0 amide bonds. The van der Waals surface area contributed by atoms with Gasteiger partial charge >= 0.3 is 6.18 Å². The Hall–Kier alpha value is -0.780. The summed E-state index contributed by atoms with van der Waals surface area (Å²) in [5.41, 5.74) is 4.86. The first kappa shape index (κ1) is 17.2. The number of rotatable bonds is 3. The molecule has 0 fully saturated rings. The van der Waals surface area contributed by atoms with Gasteiger partial charge in [0.25, 0.3) is 0 Å². The van der Waals surface area contributed by atoms with E-state index in [4.69, 9.17) is 10.8 Å². The van der Waals surface area contributed by atoms with Crippen molar-refractivity contribution < 1.29 is 18.3 Å². The molecule has 0 aromatic heterocycles. The molecule has 0 saturated carbocycles. The monoisotopic (exact) mass is 283 g/mol. The van der Waals surface area contributed by atoms with E-state index in [1.807, 2.05) is 0 Å². The Balaban J connectivity index is 0.00000289. The maximum atomic E-state index is 12.5. The maximum Gasteiger partial charge on any atom is 0.416 e. The second kappa shape index (κ2) is 5.91. The second-order valence-electron chi connectivity index (χ2n) is 4.75. The molecule has 0 spiro atoms. The fourth-order valence-electron chi connectivity index (χ4n) is 1.46. The van der Waals surface area contributed by atoms with Crippen LogP contribution in [0, 0.1) is 5.41 Å². The first-order valence-electron chi connectivity index (χ1n) is 5.22. The molecular weight excluding hydrogens is 267 g/mol. The second-order valence-corrected chi connectivity index (χ2v) is 4.75. The molecule has 1 aromatic carbocycles. The van der Waals surface area contributed by atoms with Crippen LogP contribution in [0.2, 0.25) is 0 Å². The normalized spacial score (nSPS) is 13.9. The van der Waals surface area contributed by atoms with E-state index < -0.39 is 23.2 Å². The standard InChI is InChI=1S/C12H16F3NO.ClH/c1-11(2,7-17)10(16)8-4-3-5-9(6-8)12(13,14)15;/h3-6,10,17H,7,16H2,1-2H3;1H/t10-;/m0./s1. The van der Waals surface area contributed by atoms with Crippen molar-refractivity contribution in [2.75, 3.05) is 6.61 Å². The lowest BCUT2D eigenvalue weighted by Gasteiger charge is -2.30. The third-order valence-corrected chi connectivity index (χ3v) is 2.82. The summed E-state index contributed by atoms with van der Waals surface area (Å²) in [5.74, 6) is 0. The molecule has 0 radical (unpaired) electrons. The minimum Gasteiger partial charge on any atom is -0.396 e. The van der Waals surface area contributed by atoms with Crippen molar-refractivity contribution in [3.8, 4) is 0 Å². The van der Waals surface area contributed by atoms with E-state index in [1.54, 1.807) is 13.8 Å². The topological polar surface area (TPSA) is 46.2 Å². The van der Waals surface area contributed by atoms with Crippen molar-refractivity contribution in [2.24, 2.45) is 11.1 Å². The van der Waals surface area contributed by atoms with Crippen molar-refractivity contribution in [1.82, 2.24) is 0 Å².